The van der Waals surface area contributed by atoms with Crippen LogP contribution in [0.25, 0.3) is 33.5 Å². The first-order valence-electron chi connectivity index (χ1n) is 18.7. The van der Waals surface area contributed by atoms with Gasteiger partial charge in [0.25, 0.3) is 0 Å². The van der Waals surface area contributed by atoms with E-state index >= 15 is 0 Å². The van der Waals surface area contributed by atoms with E-state index in [0.717, 1.165) is 58.3 Å². The van der Waals surface area contributed by atoms with E-state index in [-0.39, 0.29) is 5.69 Å². The van der Waals surface area contributed by atoms with E-state index in [1.165, 1.54) is 7.11 Å². The lowest BCUT2D eigenvalue weighted by atomic mass is 9.77. The van der Waals surface area contributed by atoms with Gasteiger partial charge in [-0.1, -0.05) is 153 Å². The normalized spacial score (nSPS) is 11.4. The summed E-state index contributed by atoms with van der Waals surface area (Å²) in [7, 11) is 1.35. The molecular formula is C46H40N8O2. The van der Waals surface area contributed by atoms with Crippen molar-refractivity contribution in [3.8, 4) is 22.5 Å². The average Bonchev–Trinajstić information content (AvgIpc) is 3.76. The van der Waals surface area contributed by atoms with E-state index in [2.05, 4.69) is 141 Å². The number of carbonyl (C=O) groups excluding carboxylic acids is 1. The Bertz CT molecular complexity index is 2460. The van der Waals surface area contributed by atoms with Crippen molar-refractivity contribution in [2.75, 3.05) is 18.6 Å². The van der Waals surface area contributed by atoms with Gasteiger partial charge in [-0.05, 0) is 62.4 Å². The molecule has 10 nitrogen and oxygen atoms in total. The number of esters is 1. The fraction of sp³-hybridized carbons (Fsp3) is 0.152. The molecule has 0 fully saturated rings. The van der Waals surface area contributed by atoms with Crippen molar-refractivity contribution >= 4 is 22.8 Å². The maximum Gasteiger partial charge on any atom is 0.356 e. The molecule has 0 atom stereocenters. The van der Waals surface area contributed by atoms with Crippen LogP contribution >= 0.6 is 0 Å². The van der Waals surface area contributed by atoms with Crippen LogP contribution in [-0.4, -0.2) is 54.8 Å². The van der Waals surface area contributed by atoms with Crippen LogP contribution in [0.5, 0.6) is 0 Å². The number of ether oxygens (including phenoxy) is 1. The molecule has 3 aromatic heterocycles. The van der Waals surface area contributed by atoms with E-state index in [1.54, 1.807) is 18.5 Å². The first kappa shape index (κ1) is 35.9. The van der Waals surface area contributed by atoms with E-state index in [1.807, 2.05) is 35.0 Å². The number of carbonyl (C=O) groups is 1. The Labute approximate surface area is 325 Å². The predicted octanol–water partition coefficient (Wildman–Crippen LogP) is 8.78. The highest BCUT2D eigenvalue weighted by molar-refractivity contribution is 5.93. The second-order valence-electron chi connectivity index (χ2n) is 13.5. The van der Waals surface area contributed by atoms with Crippen molar-refractivity contribution in [2.45, 2.75) is 31.8 Å². The average molecular weight is 737 g/mol. The lowest BCUT2D eigenvalue weighted by Gasteiger charge is -2.36. The minimum atomic E-state index is -0.876. The monoisotopic (exact) mass is 736 g/mol. The lowest BCUT2D eigenvalue weighted by Crippen LogP contribution is -2.39. The summed E-state index contributed by atoms with van der Waals surface area (Å²) in [4.78, 5) is 28.3. The third kappa shape index (κ3) is 6.77. The number of methoxy groups -OCH3 is 1. The number of aromatic nitrogens is 7. The summed E-state index contributed by atoms with van der Waals surface area (Å²) < 4.78 is 6.91. The van der Waals surface area contributed by atoms with Gasteiger partial charge in [0, 0.05) is 18.7 Å². The summed E-state index contributed by atoms with van der Waals surface area (Å²) in [6, 6.07) is 51.5. The maximum absolute atomic E-state index is 12.4. The number of nitrogens with zero attached hydrogens (tertiary/aromatic N) is 8. The van der Waals surface area contributed by atoms with Gasteiger partial charge < -0.3 is 9.64 Å². The highest BCUT2D eigenvalue weighted by Gasteiger charge is 2.42. The zero-order valence-electron chi connectivity index (χ0n) is 31.2. The molecule has 0 aliphatic carbocycles. The summed E-state index contributed by atoms with van der Waals surface area (Å²) >= 11 is 0. The van der Waals surface area contributed by atoms with E-state index in [0.29, 0.717) is 29.2 Å². The smallest absolute Gasteiger partial charge is 0.356 e. The van der Waals surface area contributed by atoms with Crippen molar-refractivity contribution < 1.29 is 9.53 Å². The first-order valence-corrected chi connectivity index (χ1v) is 18.7. The van der Waals surface area contributed by atoms with Gasteiger partial charge in [0.05, 0.1) is 12.6 Å². The van der Waals surface area contributed by atoms with Crippen molar-refractivity contribution in [2.24, 2.45) is 0 Å². The van der Waals surface area contributed by atoms with Crippen LogP contribution in [0, 0.1) is 0 Å². The molecule has 8 rings (SSSR count). The molecule has 0 aliphatic rings. The molecule has 276 valence electrons. The quantitative estimate of drug-likeness (QED) is 0.0847. The number of benzene rings is 5. The Kier molecular flexibility index (Phi) is 10.3. The first-order chi connectivity index (χ1) is 27.6. The number of tetrazole rings is 1. The van der Waals surface area contributed by atoms with Crippen LogP contribution in [0.2, 0.25) is 0 Å². The highest BCUT2D eigenvalue weighted by Crippen LogP contribution is 2.43. The topological polar surface area (TPSA) is 112 Å². The van der Waals surface area contributed by atoms with Gasteiger partial charge in [-0.25, -0.2) is 24.4 Å². The molecule has 8 aromatic rings. The van der Waals surface area contributed by atoms with Gasteiger partial charge in [-0.2, -0.15) is 0 Å². The number of fused-ring (bicyclic) bond motifs is 1. The maximum atomic E-state index is 12.4. The third-order valence-electron chi connectivity index (χ3n) is 10.1. The van der Waals surface area contributed by atoms with Crippen LogP contribution in [-0.2, 0) is 16.8 Å². The number of pyridine rings is 1. The molecule has 10 heteroatoms. The van der Waals surface area contributed by atoms with Gasteiger partial charge in [0.2, 0.25) is 0 Å². The summed E-state index contributed by atoms with van der Waals surface area (Å²) in [6.45, 7) is 3.51. The molecule has 0 amide bonds. The summed E-state index contributed by atoms with van der Waals surface area (Å²) in [5.41, 5.74) is 7.70. The molecular weight excluding hydrogens is 697 g/mol. The summed E-state index contributed by atoms with van der Waals surface area (Å²) in [5.74, 6) is 0.813. The molecule has 0 N–H and O–H groups in total. The molecule has 0 unspecified atom stereocenters. The molecule has 56 heavy (non-hydrogen) atoms. The summed E-state index contributed by atoms with van der Waals surface area (Å²) in [6.07, 6.45) is 3.51. The van der Waals surface area contributed by atoms with Gasteiger partial charge in [-0.15, -0.1) is 5.10 Å². The Morgan fingerprint density at radius 3 is 1.93 bits per heavy atom. The third-order valence-corrected chi connectivity index (χ3v) is 10.1. The van der Waals surface area contributed by atoms with Crippen LogP contribution in [0.15, 0.2) is 158 Å². The minimum Gasteiger partial charge on any atom is -0.464 e. The van der Waals surface area contributed by atoms with Gasteiger partial charge in [0.15, 0.2) is 11.6 Å². The zero-order chi connectivity index (χ0) is 38.3. The molecule has 0 spiro atoms. The van der Waals surface area contributed by atoms with Crippen molar-refractivity contribution in [3.63, 3.8) is 0 Å². The van der Waals surface area contributed by atoms with Gasteiger partial charge in [-0.3, -0.25) is 0 Å². The molecule has 0 saturated heterocycles. The zero-order valence-corrected chi connectivity index (χ0v) is 31.2. The van der Waals surface area contributed by atoms with E-state index < -0.39 is 11.5 Å². The van der Waals surface area contributed by atoms with Crippen LogP contribution in [0.1, 0.15) is 52.5 Å². The largest absolute Gasteiger partial charge is 0.464 e. The Morgan fingerprint density at radius 2 is 1.32 bits per heavy atom. The van der Waals surface area contributed by atoms with Gasteiger partial charge in [0.1, 0.15) is 23.1 Å². The Hall–Kier alpha value is -7.07. The second-order valence-corrected chi connectivity index (χ2v) is 13.5. The number of hydrogen-bond acceptors (Lipinski definition) is 9. The number of unbranched alkanes of at least 4 members (excludes halogenated alkanes) is 1. The molecule has 0 radical (unpaired) electrons. The fourth-order valence-electron chi connectivity index (χ4n) is 7.41. The Balaban J connectivity index is 1.19. The lowest BCUT2D eigenvalue weighted by molar-refractivity contribution is 0.0594. The van der Waals surface area contributed by atoms with Gasteiger partial charge >= 0.3 is 5.97 Å². The van der Waals surface area contributed by atoms with Crippen LogP contribution in [0.4, 0.5) is 5.82 Å². The molecule has 0 saturated carbocycles. The highest BCUT2D eigenvalue weighted by atomic mass is 16.5. The minimum absolute atomic E-state index is 0.217. The molecule has 3 heterocycles. The van der Waals surface area contributed by atoms with E-state index in [4.69, 9.17) is 15.0 Å². The Morgan fingerprint density at radius 1 is 0.714 bits per heavy atom. The predicted molar refractivity (Wildman–Crippen MR) is 218 cm³/mol. The van der Waals surface area contributed by atoms with Crippen molar-refractivity contribution in [3.05, 3.63) is 186 Å². The van der Waals surface area contributed by atoms with Crippen molar-refractivity contribution in [1.29, 1.82) is 0 Å². The second kappa shape index (κ2) is 16.1. The van der Waals surface area contributed by atoms with E-state index in [9.17, 15) is 4.79 Å². The number of rotatable bonds is 13. The molecule has 5 aromatic carbocycles. The number of anilines is 1. The number of hydrogen-bond donors (Lipinski definition) is 0. The van der Waals surface area contributed by atoms with Crippen molar-refractivity contribution in [1.82, 2.24) is 35.2 Å². The molecule has 0 aliphatic heterocycles. The molecule has 0 bridgehead atoms. The SMILES string of the molecule is CCCCN(Cc1ccc(-c2ccccc2-c2nnnn2C(c2ccccc2)(c2ccccc2)c2ccccc2)cc1)c1ncnc2ccc(C(=O)OC)nc12. The van der Waals surface area contributed by atoms with Crippen LogP contribution in [0.3, 0.4) is 0 Å². The van der Waals surface area contributed by atoms with Crippen LogP contribution < -0.4 is 4.90 Å². The summed E-state index contributed by atoms with van der Waals surface area (Å²) in [5, 5.41) is 13.8. The fourth-order valence-corrected chi connectivity index (χ4v) is 7.41. The standard InChI is InChI=1S/C46H40N8O2/c1-3-4-30-53(44-42-40(47-32-48-44)28-29-41(49-42)45(55)56-2)31-33-24-26-34(27-25-33)38-22-14-15-23-39(38)43-50-51-52-54(43)46(35-16-8-5-9-17-35,36-18-10-6-11-19-36)37-20-12-7-13-21-37/h5-29,32H,3-4,30-31H2,1-2H3.